The van der Waals surface area contributed by atoms with Gasteiger partial charge in [-0.3, -0.25) is 4.40 Å². The van der Waals surface area contributed by atoms with Gasteiger partial charge in [0.1, 0.15) is 0 Å². The average molecular weight is 320 g/mol. The molecule has 4 N–H and O–H groups in total. The van der Waals surface area contributed by atoms with E-state index in [4.69, 9.17) is 11.5 Å². The summed E-state index contributed by atoms with van der Waals surface area (Å²) in [6.07, 6.45) is 3.19. The van der Waals surface area contributed by atoms with Gasteiger partial charge in [0, 0.05) is 17.1 Å². The van der Waals surface area contributed by atoms with Crippen molar-refractivity contribution in [3.05, 3.63) is 47.1 Å². The van der Waals surface area contributed by atoms with Gasteiger partial charge in [-0.05, 0) is 18.2 Å². The van der Waals surface area contributed by atoms with E-state index in [0.29, 0.717) is 21.9 Å². The Kier molecular flexibility index (Phi) is 3.55. The lowest BCUT2D eigenvalue weighted by Crippen LogP contribution is -2.21. The number of nitrogens with zero attached hydrogens (tertiary/aromatic N) is 4. The second kappa shape index (κ2) is 5.53. The molecule has 0 amide bonds. The number of guanidine groups is 1. The third-order valence-corrected chi connectivity index (χ3v) is 3.60. The Morgan fingerprint density at radius 1 is 1.27 bits per heavy atom. The summed E-state index contributed by atoms with van der Waals surface area (Å²) < 4.78 is 28.3. The normalized spacial score (nSPS) is 11.4. The molecule has 6 nitrogen and oxygen atoms in total. The minimum Gasteiger partial charge on any atom is -0.369 e. The number of nitrogens with two attached hydrogens (primary N) is 2. The molecule has 0 aliphatic heterocycles. The second-order valence-electron chi connectivity index (χ2n) is 4.30. The first kappa shape index (κ1) is 14.1. The minimum atomic E-state index is -0.944. The van der Waals surface area contributed by atoms with Gasteiger partial charge in [-0.2, -0.15) is 5.10 Å². The van der Waals surface area contributed by atoms with E-state index in [1.165, 1.54) is 23.6 Å². The maximum absolute atomic E-state index is 13.4. The van der Waals surface area contributed by atoms with Crippen molar-refractivity contribution in [1.29, 1.82) is 0 Å². The molecule has 3 aromatic rings. The number of hydrogen-bond donors (Lipinski definition) is 2. The summed E-state index contributed by atoms with van der Waals surface area (Å²) in [5, 5.41) is 9.13. The van der Waals surface area contributed by atoms with Gasteiger partial charge in [-0.1, -0.05) is 0 Å². The highest BCUT2D eigenvalue weighted by Gasteiger charge is 2.15. The van der Waals surface area contributed by atoms with Gasteiger partial charge in [-0.15, -0.1) is 16.4 Å². The maximum atomic E-state index is 13.4. The van der Waals surface area contributed by atoms with Gasteiger partial charge in [0.2, 0.25) is 5.96 Å². The van der Waals surface area contributed by atoms with Crippen LogP contribution < -0.4 is 11.5 Å². The average Bonchev–Trinajstić information content (AvgIpc) is 3.04. The van der Waals surface area contributed by atoms with Crippen LogP contribution in [0, 0.1) is 11.6 Å². The molecule has 0 radical (unpaired) electrons. The SMILES string of the molecule is NC(N)=N/N=C/c1c(-c2ccc(F)c(F)c2)nc2sccn12. The molecule has 0 atom stereocenters. The molecular formula is C13H10F2N6S. The number of imidazole rings is 1. The fourth-order valence-electron chi connectivity index (χ4n) is 1.93. The van der Waals surface area contributed by atoms with Crippen LogP contribution >= 0.6 is 11.3 Å². The van der Waals surface area contributed by atoms with E-state index in [1.807, 2.05) is 5.38 Å². The molecule has 0 spiro atoms. The van der Waals surface area contributed by atoms with E-state index in [0.717, 1.165) is 12.1 Å². The highest BCUT2D eigenvalue weighted by molar-refractivity contribution is 7.15. The van der Waals surface area contributed by atoms with E-state index >= 15 is 0 Å². The highest BCUT2D eigenvalue weighted by atomic mass is 32.1. The van der Waals surface area contributed by atoms with Crippen LogP contribution in [0.2, 0.25) is 0 Å². The summed E-state index contributed by atoms with van der Waals surface area (Å²) >= 11 is 1.40. The van der Waals surface area contributed by atoms with Crippen molar-refractivity contribution in [2.75, 3.05) is 0 Å². The Bertz CT molecular complexity index is 891. The van der Waals surface area contributed by atoms with Crippen LogP contribution in [0.3, 0.4) is 0 Å². The first-order chi connectivity index (χ1) is 10.6. The third kappa shape index (κ3) is 2.53. The van der Waals surface area contributed by atoms with Crippen LogP contribution in [0.1, 0.15) is 5.69 Å². The third-order valence-electron chi connectivity index (χ3n) is 2.85. The molecule has 3 rings (SSSR count). The van der Waals surface area contributed by atoms with Gasteiger partial charge in [-0.25, -0.2) is 13.8 Å². The number of halogens is 2. The van der Waals surface area contributed by atoms with Crippen LogP contribution in [0.5, 0.6) is 0 Å². The summed E-state index contributed by atoms with van der Waals surface area (Å²) in [4.78, 5) is 5.09. The van der Waals surface area contributed by atoms with Crippen molar-refractivity contribution in [1.82, 2.24) is 9.38 Å². The molecule has 0 saturated carbocycles. The molecule has 0 aliphatic carbocycles. The van der Waals surface area contributed by atoms with Crippen molar-refractivity contribution in [3.63, 3.8) is 0 Å². The van der Waals surface area contributed by atoms with Gasteiger partial charge in [0.05, 0.1) is 17.6 Å². The second-order valence-corrected chi connectivity index (χ2v) is 5.17. The fourth-order valence-corrected chi connectivity index (χ4v) is 2.65. The molecule has 0 aliphatic rings. The summed E-state index contributed by atoms with van der Waals surface area (Å²) in [6, 6.07) is 3.58. The maximum Gasteiger partial charge on any atom is 0.211 e. The first-order valence-electron chi connectivity index (χ1n) is 6.09. The standard InChI is InChI=1S/C13H10F2N6S/c14-8-2-1-7(5-9(8)15)11-10(6-18-20-12(16)17)21-3-4-22-13(21)19-11/h1-6H,(H4,16,17,20)/b18-6+. The van der Waals surface area contributed by atoms with E-state index in [1.54, 1.807) is 10.6 Å². The Morgan fingerprint density at radius 2 is 2.09 bits per heavy atom. The molecule has 0 saturated heterocycles. The van der Waals surface area contributed by atoms with Crippen LogP contribution in [0.4, 0.5) is 8.78 Å². The monoisotopic (exact) mass is 320 g/mol. The van der Waals surface area contributed by atoms with Crippen molar-refractivity contribution in [2.24, 2.45) is 21.7 Å². The molecule has 112 valence electrons. The van der Waals surface area contributed by atoms with E-state index < -0.39 is 11.6 Å². The Morgan fingerprint density at radius 3 is 2.82 bits per heavy atom. The van der Waals surface area contributed by atoms with Crippen LogP contribution in [0.15, 0.2) is 40.0 Å². The number of rotatable bonds is 3. The van der Waals surface area contributed by atoms with Gasteiger partial charge >= 0.3 is 0 Å². The zero-order chi connectivity index (χ0) is 15.7. The lowest BCUT2D eigenvalue weighted by Gasteiger charge is -2.00. The smallest absolute Gasteiger partial charge is 0.211 e. The largest absolute Gasteiger partial charge is 0.369 e. The fraction of sp³-hybridized carbons (Fsp3) is 0. The Balaban J connectivity index is 2.16. The Labute approximate surface area is 127 Å². The van der Waals surface area contributed by atoms with Crippen LogP contribution in [0.25, 0.3) is 16.2 Å². The van der Waals surface area contributed by atoms with Crippen LogP contribution in [-0.2, 0) is 0 Å². The molecule has 0 bridgehead atoms. The minimum absolute atomic E-state index is 0.184. The molecule has 0 unspecified atom stereocenters. The predicted octanol–water partition coefficient (Wildman–Crippen LogP) is 1.95. The van der Waals surface area contributed by atoms with Crippen LogP contribution in [-0.4, -0.2) is 21.6 Å². The topological polar surface area (TPSA) is 94.1 Å². The molecule has 1 aromatic carbocycles. The van der Waals surface area contributed by atoms with E-state index in [-0.39, 0.29) is 5.96 Å². The number of hydrogen-bond acceptors (Lipinski definition) is 4. The summed E-state index contributed by atoms with van der Waals surface area (Å²) in [6.45, 7) is 0. The predicted molar refractivity (Wildman–Crippen MR) is 81.8 cm³/mol. The lowest BCUT2D eigenvalue weighted by atomic mass is 10.1. The molecule has 2 heterocycles. The number of thiazole rings is 1. The zero-order valence-corrected chi connectivity index (χ0v) is 11.9. The summed E-state index contributed by atoms with van der Waals surface area (Å²) in [7, 11) is 0. The molecule has 0 fully saturated rings. The molecular weight excluding hydrogens is 310 g/mol. The van der Waals surface area contributed by atoms with Gasteiger partial charge in [0.25, 0.3) is 0 Å². The summed E-state index contributed by atoms with van der Waals surface area (Å²) in [5.74, 6) is -2.04. The van der Waals surface area contributed by atoms with Gasteiger partial charge < -0.3 is 11.5 Å². The zero-order valence-electron chi connectivity index (χ0n) is 11.1. The summed E-state index contributed by atoms with van der Waals surface area (Å²) in [5.41, 5.74) is 11.9. The van der Waals surface area contributed by atoms with Gasteiger partial charge in [0.15, 0.2) is 16.6 Å². The molecule has 22 heavy (non-hydrogen) atoms. The Hall–Kier alpha value is -2.81. The van der Waals surface area contributed by atoms with Crippen molar-refractivity contribution < 1.29 is 8.78 Å². The first-order valence-corrected chi connectivity index (χ1v) is 6.97. The highest BCUT2D eigenvalue weighted by Crippen LogP contribution is 2.26. The molecule has 2 aromatic heterocycles. The van der Waals surface area contributed by atoms with Crippen molar-refractivity contribution in [2.45, 2.75) is 0 Å². The van der Waals surface area contributed by atoms with E-state index in [2.05, 4.69) is 15.2 Å². The molecule has 9 heteroatoms. The lowest BCUT2D eigenvalue weighted by molar-refractivity contribution is 0.509. The van der Waals surface area contributed by atoms with Crippen molar-refractivity contribution in [3.8, 4) is 11.3 Å². The van der Waals surface area contributed by atoms with Crippen molar-refractivity contribution >= 4 is 28.5 Å². The number of benzene rings is 1. The number of fused-ring (bicyclic) bond motifs is 1. The quantitative estimate of drug-likeness (QED) is 0.439. The van der Waals surface area contributed by atoms with E-state index in [9.17, 15) is 8.78 Å². The number of aromatic nitrogens is 2.